The second kappa shape index (κ2) is 8.65. The second-order valence-electron chi connectivity index (χ2n) is 4.63. The van der Waals surface area contributed by atoms with E-state index < -0.39 is 50.0 Å². The van der Waals surface area contributed by atoms with Crippen molar-refractivity contribution >= 4 is 16.1 Å². The van der Waals surface area contributed by atoms with E-state index in [1.54, 1.807) is 0 Å². The highest BCUT2D eigenvalue weighted by atomic mass is 32.2. The Labute approximate surface area is 138 Å². The van der Waals surface area contributed by atoms with Crippen LogP contribution in [-0.2, 0) is 14.9 Å². The van der Waals surface area contributed by atoms with Crippen molar-refractivity contribution in [3.05, 3.63) is 33.7 Å². The molecule has 8 nitrogen and oxygen atoms in total. The summed E-state index contributed by atoms with van der Waals surface area (Å²) in [5.41, 5.74) is 8.04. The number of benzene rings is 1. The number of azide groups is 1. The van der Waals surface area contributed by atoms with Gasteiger partial charge >= 0.3 is 16.1 Å². The molecule has 0 saturated heterocycles. The van der Waals surface area contributed by atoms with Crippen LogP contribution in [0.3, 0.4) is 0 Å². The highest BCUT2D eigenvalue weighted by Crippen LogP contribution is 2.32. The zero-order valence-corrected chi connectivity index (χ0v) is 13.2. The third-order valence-electron chi connectivity index (χ3n) is 2.86. The minimum atomic E-state index is -5.58. The Kier molecular flexibility index (Phi) is 7.15. The fourth-order valence-electron chi connectivity index (χ4n) is 1.75. The van der Waals surface area contributed by atoms with Gasteiger partial charge in [-0.25, -0.2) is 8.78 Å². The lowest BCUT2D eigenvalue weighted by Gasteiger charge is -2.10. The molecule has 25 heavy (non-hydrogen) atoms. The van der Waals surface area contributed by atoms with Crippen LogP contribution >= 0.6 is 0 Å². The molecule has 0 bridgehead atoms. The number of nitrogens with zero attached hydrogens (tertiary/aromatic N) is 3. The largest absolute Gasteiger partial charge is 0.420 e. The summed E-state index contributed by atoms with van der Waals surface area (Å²) in [7, 11) is -5.58. The number of esters is 1. The SMILES string of the molecule is [N-]=[N+]=NCCCCCC(=O)Oc1c(F)c(F)c(S(=O)(=O)O)c(F)c1F. The molecular formula is C12H11F4N3O5S. The van der Waals surface area contributed by atoms with Crippen LogP contribution in [0.5, 0.6) is 5.75 Å². The maximum absolute atomic E-state index is 13.6. The molecule has 1 rings (SSSR count). The van der Waals surface area contributed by atoms with Crippen LogP contribution in [0.1, 0.15) is 25.7 Å². The number of hydrogen-bond acceptors (Lipinski definition) is 5. The van der Waals surface area contributed by atoms with E-state index in [0.717, 1.165) is 0 Å². The summed E-state index contributed by atoms with van der Waals surface area (Å²) in [4.78, 5) is 11.7. The molecule has 0 aliphatic rings. The first-order valence-corrected chi connectivity index (χ1v) is 8.10. The van der Waals surface area contributed by atoms with Crippen LogP contribution in [0.25, 0.3) is 10.4 Å². The molecular weight excluding hydrogens is 374 g/mol. The van der Waals surface area contributed by atoms with Gasteiger partial charge in [0.15, 0.2) is 16.5 Å². The number of rotatable bonds is 8. The zero-order valence-electron chi connectivity index (χ0n) is 12.4. The van der Waals surface area contributed by atoms with Crippen molar-refractivity contribution in [2.24, 2.45) is 5.11 Å². The minimum absolute atomic E-state index is 0.178. The lowest BCUT2D eigenvalue weighted by atomic mass is 10.2. The van der Waals surface area contributed by atoms with Crippen molar-refractivity contribution in [3.63, 3.8) is 0 Å². The van der Waals surface area contributed by atoms with Gasteiger partial charge in [0.25, 0.3) is 0 Å². The monoisotopic (exact) mass is 385 g/mol. The smallest absolute Gasteiger partial charge is 0.311 e. The Morgan fingerprint density at radius 2 is 1.64 bits per heavy atom. The van der Waals surface area contributed by atoms with Gasteiger partial charge in [-0.2, -0.15) is 17.2 Å². The normalized spacial score (nSPS) is 11.1. The van der Waals surface area contributed by atoms with E-state index in [1.807, 2.05) is 0 Å². The first-order valence-electron chi connectivity index (χ1n) is 6.66. The van der Waals surface area contributed by atoms with Crippen molar-refractivity contribution in [1.29, 1.82) is 0 Å². The van der Waals surface area contributed by atoms with Crippen molar-refractivity contribution in [2.75, 3.05) is 6.54 Å². The van der Waals surface area contributed by atoms with Gasteiger partial charge in [0.05, 0.1) is 0 Å². The van der Waals surface area contributed by atoms with E-state index in [-0.39, 0.29) is 19.4 Å². The Morgan fingerprint density at radius 3 is 2.12 bits per heavy atom. The minimum Gasteiger partial charge on any atom is -0.420 e. The molecule has 0 aliphatic carbocycles. The predicted octanol–water partition coefficient (Wildman–Crippen LogP) is 3.27. The molecule has 1 aromatic rings. The molecule has 0 radical (unpaired) electrons. The van der Waals surface area contributed by atoms with Crippen LogP contribution in [0.15, 0.2) is 10.0 Å². The molecule has 0 amide bonds. The number of carbonyl (C=O) groups excluding carboxylic acids is 1. The van der Waals surface area contributed by atoms with E-state index in [0.29, 0.717) is 12.8 Å². The molecule has 0 heterocycles. The van der Waals surface area contributed by atoms with E-state index in [1.165, 1.54) is 0 Å². The van der Waals surface area contributed by atoms with Crippen LogP contribution in [0.4, 0.5) is 17.6 Å². The van der Waals surface area contributed by atoms with Gasteiger partial charge in [0.1, 0.15) is 0 Å². The second-order valence-corrected chi connectivity index (χ2v) is 5.99. The summed E-state index contributed by atoms with van der Waals surface area (Å²) in [6, 6.07) is 0. The van der Waals surface area contributed by atoms with Gasteiger partial charge in [0.2, 0.25) is 17.4 Å². The van der Waals surface area contributed by atoms with Crippen molar-refractivity contribution in [3.8, 4) is 5.75 Å². The molecule has 0 aliphatic heterocycles. The third kappa shape index (κ3) is 5.31. The van der Waals surface area contributed by atoms with Crippen LogP contribution in [0.2, 0.25) is 0 Å². The maximum Gasteiger partial charge on any atom is 0.311 e. The molecule has 0 spiro atoms. The van der Waals surface area contributed by atoms with Crippen LogP contribution in [-0.4, -0.2) is 25.5 Å². The summed E-state index contributed by atoms with van der Waals surface area (Å²) in [5.74, 6) is -12.4. The molecule has 138 valence electrons. The molecule has 1 N–H and O–H groups in total. The number of carbonyl (C=O) groups is 1. The van der Waals surface area contributed by atoms with Crippen LogP contribution < -0.4 is 4.74 Å². The van der Waals surface area contributed by atoms with E-state index >= 15 is 0 Å². The van der Waals surface area contributed by atoms with Gasteiger partial charge in [-0.3, -0.25) is 9.35 Å². The fraction of sp³-hybridized carbons (Fsp3) is 0.417. The number of ether oxygens (including phenoxy) is 1. The standard InChI is InChI=1S/C12H11F4N3O5S/c13-7-9(15)12(25(21,22)23)10(16)8(14)11(7)24-6(20)4-2-1-3-5-18-19-17/h1-5H2,(H,21,22,23). The lowest BCUT2D eigenvalue weighted by Crippen LogP contribution is -2.15. The van der Waals surface area contributed by atoms with E-state index in [4.69, 9.17) is 10.1 Å². The Hall–Kier alpha value is -2.37. The quantitative estimate of drug-likeness (QED) is 0.0845. The van der Waals surface area contributed by atoms with Gasteiger partial charge in [-0.05, 0) is 18.4 Å². The lowest BCUT2D eigenvalue weighted by molar-refractivity contribution is -0.135. The first kappa shape index (κ1) is 20.7. The predicted molar refractivity (Wildman–Crippen MR) is 74.2 cm³/mol. The molecule has 1 aromatic carbocycles. The van der Waals surface area contributed by atoms with Gasteiger partial charge < -0.3 is 4.74 Å². The zero-order chi connectivity index (χ0) is 19.2. The molecule has 0 saturated carbocycles. The number of unbranched alkanes of at least 4 members (excludes halogenated alkanes) is 2. The van der Waals surface area contributed by atoms with Crippen LogP contribution in [0, 0.1) is 23.3 Å². The van der Waals surface area contributed by atoms with E-state index in [2.05, 4.69) is 14.8 Å². The fourth-order valence-corrected chi connectivity index (χ4v) is 2.38. The van der Waals surface area contributed by atoms with Crippen molar-refractivity contribution in [1.82, 2.24) is 0 Å². The molecule has 0 fully saturated rings. The number of hydrogen-bond donors (Lipinski definition) is 1. The molecule has 0 aromatic heterocycles. The molecule has 13 heteroatoms. The van der Waals surface area contributed by atoms with E-state index in [9.17, 15) is 30.8 Å². The molecule has 0 unspecified atom stereocenters. The Balaban J connectivity index is 2.90. The Morgan fingerprint density at radius 1 is 1.08 bits per heavy atom. The summed E-state index contributed by atoms with van der Waals surface area (Å²) in [6.07, 6.45) is 0.658. The van der Waals surface area contributed by atoms with Gasteiger partial charge in [-0.15, -0.1) is 0 Å². The maximum atomic E-state index is 13.6. The summed E-state index contributed by atoms with van der Waals surface area (Å²) >= 11 is 0. The summed E-state index contributed by atoms with van der Waals surface area (Å²) in [6.45, 7) is 0.183. The van der Waals surface area contributed by atoms with Gasteiger partial charge in [-0.1, -0.05) is 11.5 Å². The highest BCUT2D eigenvalue weighted by molar-refractivity contribution is 7.85. The average Bonchev–Trinajstić information content (AvgIpc) is 2.52. The average molecular weight is 385 g/mol. The van der Waals surface area contributed by atoms with Crippen molar-refractivity contribution in [2.45, 2.75) is 30.6 Å². The number of halogens is 4. The third-order valence-corrected chi connectivity index (χ3v) is 3.73. The van der Waals surface area contributed by atoms with Crippen molar-refractivity contribution < 1.29 is 40.1 Å². The summed E-state index contributed by atoms with van der Waals surface area (Å²) in [5, 5.41) is 3.24. The summed E-state index contributed by atoms with van der Waals surface area (Å²) < 4.78 is 88.7. The highest BCUT2D eigenvalue weighted by Gasteiger charge is 2.33. The molecule has 0 atom stereocenters. The topological polar surface area (TPSA) is 129 Å². The first-order chi connectivity index (χ1) is 11.6. The Bertz CT molecular complexity index is 796. The van der Waals surface area contributed by atoms with Gasteiger partial charge in [0, 0.05) is 17.9 Å².